The largest absolute Gasteiger partial charge is 0.492 e. The van der Waals surface area contributed by atoms with Crippen LogP contribution in [0.1, 0.15) is 66.5 Å². The number of carbonyl (C=O) groups is 2. The van der Waals surface area contributed by atoms with Gasteiger partial charge in [-0.05, 0) is 60.1 Å². The minimum atomic E-state index is -0.968. The zero-order chi connectivity index (χ0) is 22.9. The molecule has 2 aromatic rings. The van der Waals surface area contributed by atoms with Crippen molar-refractivity contribution >= 4 is 23.6 Å². The van der Waals surface area contributed by atoms with Gasteiger partial charge in [0.2, 0.25) is 5.91 Å². The van der Waals surface area contributed by atoms with Gasteiger partial charge in [0.25, 0.3) is 0 Å². The number of hydrogen-bond acceptors (Lipinski definition) is 3. The summed E-state index contributed by atoms with van der Waals surface area (Å²) >= 11 is 0. The fraction of sp³-hybridized carbons (Fsp3) is 0.385. The van der Waals surface area contributed by atoms with Gasteiger partial charge in [0.05, 0.1) is 6.61 Å². The number of nitrogens with one attached hydrogen (secondary N) is 1. The monoisotopic (exact) mass is 421 g/mol. The van der Waals surface area contributed by atoms with Crippen LogP contribution < -0.4 is 10.1 Å². The third-order valence-corrected chi connectivity index (χ3v) is 5.76. The predicted molar refractivity (Wildman–Crippen MR) is 124 cm³/mol. The molecule has 3 rings (SSSR count). The SMILES string of the molecule is Cc1c(C)c2c(c(C)c1NC(=O)CC(C)(C)C)C(c1ccc(/C=C/C(=O)O)cc1)CO2. The van der Waals surface area contributed by atoms with E-state index in [1.54, 1.807) is 6.08 Å². The number of carbonyl (C=O) groups excluding carboxylic acids is 1. The molecule has 1 unspecified atom stereocenters. The lowest BCUT2D eigenvalue weighted by Gasteiger charge is -2.22. The maximum atomic E-state index is 12.7. The van der Waals surface area contributed by atoms with Crippen LogP contribution in [0.25, 0.3) is 6.08 Å². The highest BCUT2D eigenvalue weighted by Crippen LogP contribution is 2.46. The molecule has 0 spiro atoms. The third-order valence-electron chi connectivity index (χ3n) is 5.76. The van der Waals surface area contributed by atoms with E-state index in [1.165, 1.54) is 0 Å². The summed E-state index contributed by atoms with van der Waals surface area (Å²) < 4.78 is 6.10. The Balaban J connectivity index is 1.96. The molecule has 1 heterocycles. The first-order valence-corrected chi connectivity index (χ1v) is 10.5. The van der Waals surface area contributed by atoms with Gasteiger partial charge >= 0.3 is 5.97 Å². The van der Waals surface area contributed by atoms with Crippen LogP contribution in [0.5, 0.6) is 5.75 Å². The Hall–Kier alpha value is -3.08. The van der Waals surface area contributed by atoms with Crippen molar-refractivity contribution in [3.05, 3.63) is 63.7 Å². The van der Waals surface area contributed by atoms with Crippen molar-refractivity contribution in [2.45, 2.75) is 53.9 Å². The average molecular weight is 422 g/mol. The average Bonchev–Trinajstić information content (AvgIpc) is 3.12. The molecule has 0 saturated carbocycles. The van der Waals surface area contributed by atoms with Gasteiger partial charge in [-0.25, -0.2) is 4.79 Å². The van der Waals surface area contributed by atoms with E-state index in [1.807, 2.05) is 45.0 Å². The lowest BCUT2D eigenvalue weighted by molar-refractivity contribution is -0.131. The Morgan fingerprint density at radius 3 is 2.32 bits per heavy atom. The van der Waals surface area contributed by atoms with Crippen molar-refractivity contribution < 1.29 is 19.4 Å². The van der Waals surface area contributed by atoms with Crippen molar-refractivity contribution in [3.8, 4) is 5.75 Å². The molecule has 0 saturated heterocycles. The van der Waals surface area contributed by atoms with E-state index < -0.39 is 5.97 Å². The van der Waals surface area contributed by atoms with Gasteiger partial charge in [0.1, 0.15) is 5.75 Å². The van der Waals surface area contributed by atoms with Crippen molar-refractivity contribution in [1.82, 2.24) is 0 Å². The predicted octanol–water partition coefficient (Wildman–Crippen LogP) is 5.61. The minimum Gasteiger partial charge on any atom is -0.492 e. The standard InChI is InChI=1S/C26H31NO4/c1-15-16(2)25-23(17(3)24(15)27-21(28)13-26(4,5)6)20(14-31-25)19-10-7-18(8-11-19)9-12-22(29)30/h7-12,20H,13-14H2,1-6H3,(H,27,28)(H,29,30)/b12-9+. The number of fused-ring (bicyclic) bond motifs is 1. The van der Waals surface area contributed by atoms with Gasteiger partial charge < -0.3 is 15.2 Å². The molecule has 0 bridgehead atoms. The quantitative estimate of drug-likeness (QED) is 0.616. The number of ether oxygens (including phenoxy) is 1. The van der Waals surface area contributed by atoms with Gasteiger partial charge in [-0.2, -0.15) is 0 Å². The summed E-state index contributed by atoms with van der Waals surface area (Å²) in [5.74, 6) is 0.0153. The smallest absolute Gasteiger partial charge is 0.328 e. The van der Waals surface area contributed by atoms with Crippen LogP contribution in [-0.2, 0) is 9.59 Å². The molecule has 5 nitrogen and oxygen atoms in total. The summed E-state index contributed by atoms with van der Waals surface area (Å²) in [6, 6.07) is 7.85. The molecule has 1 aliphatic heterocycles. The minimum absolute atomic E-state index is 0.0167. The molecule has 164 valence electrons. The van der Waals surface area contributed by atoms with Crippen LogP contribution in [0.2, 0.25) is 0 Å². The summed E-state index contributed by atoms with van der Waals surface area (Å²) in [4.78, 5) is 23.4. The topological polar surface area (TPSA) is 75.6 Å². The zero-order valence-corrected chi connectivity index (χ0v) is 19.1. The molecule has 31 heavy (non-hydrogen) atoms. The first-order chi connectivity index (χ1) is 14.5. The van der Waals surface area contributed by atoms with E-state index in [4.69, 9.17) is 9.84 Å². The fourth-order valence-corrected chi connectivity index (χ4v) is 4.12. The number of benzene rings is 2. The van der Waals surface area contributed by atoms with Crippen LogP contribution in [0.15, 0.2) is 30.3 Å². The molecule has 0 fully saturated rings. The molecule has 1 aliphatic rings. The number of carboxylic acid groups (broad SMARTS) is 1. The molecule has 1 atom stereocenters. The number of carboxylic acids is 1. The van der Waals surface area contributed by atoms with Crippen LogP contribution in [0.4, 0.5) is 5.69 Å². The van der Waals surface area contributed by atoms with Crippen molar-refractivity contribution in [2.75, 3.05) is 11.9 Å². The zero-order valence-electron chi connectivity index (χ0n) is 19.1. The maximum Gasteiger partial charge on any atom is 0.328 e. The summed E-state index contributed by atoms with van der Waals surface area (Å²) in [5, 5.41) is 12.0. The molecule has 2 aromatic carbocycles. The number of hydrogen-bond donors (Lipinski definition) is 2. The lowest BCUT2D eigenvalue weighted by atomic mass is 9.86. The van der Waals surface area contributed by atoms with Crippen molar-refractivity contribution in [3.63, 3.8) is 0 Å². The van der Waals surface area contributed by atoms with Gasteiger partial charge in [0, 0.05) is 29.7 Å². The third kappa shape index (κ3) is 4.98. The van der Waals surface area contributed by atoms with Gasteiger partial charge in [-0.3, -0.25) is 4.79 Å². The second-order valence-corrected chi connectivity index (χ2v) is 9.48. The van der Waals surface area contributed by atoms with Gasteiger partial charge in [-0.15, -0.1) is 0 Å². The highest BCUT2D eigenvalue weighted by atomic mass is 16.5. The number of anilines is 1. The normalized spacial score (nSPS) is 15.6. The fourth-order valence-electron chi connectivity index (χ4n) is 4.12. The summed E-state index contributed by atoms with van der Waals surface area (Å²) in [7, 11) is 0. The highest BCUT2D eigenvalue weighted by Gasteiger charge is 2.32. The Kier molecular flexibility index (Phi) is 6.25. The second-order valence-electron chi connectivity index (χ2n) is 9.48. The van der Waals surface area contributed by atoms with E-state index in [-0.39, 0.29) is 17.2 Å². The summed E-state index contributed by atoms with van der Waals surface area (Å²) in [5.41, 5.74) is 6.97. The second kappa shape index (κ2) is 8.58. The van der Waals surface area contributed by atoms with Crippen LogP contribution in [0.3, 0.4) is 0 Å². The highest BCUT2D eigenvalue weighted by molar-refractivity contribution is 5.93. The molecule has 0 aliphatic carbocycles. The summed E-state index contributed by atoms with van der Waals surface area (Å²) in [6.07, 6.45) is 3.16. The molecule has 2 N–H and O–H groups in total. The Bertz CT molecular complexity index is 1040. The van der Waals surface area contributed by atoms with Crippen molar-refractivity contribution in [1.29, 1.82) is 0 Å². The van der Waals surface area contributed by atoms with Crippen LogP contribution >= 0.6 is 0 Å². The van der Waals surface area contributed by atoms with Crippen LogP contribution in [0, 0.1) is 26.2 Å². The van der Waals surface area contributed by atoms with E-state index in [0.29, 0.717) is 13.0 Å². The number of aliphatic carboxylic acids is 1. The first-order valence-electron chi connectivity index (χ1n) is 10.5. The molecule has 0 aromatic heterocycles. The molecule has 0 radical (unpaired) electrons. The summed E-state index contributed by atoms with van der Waals surface area (Å²) in [6.45, 7) is 12.8. The molecular formula is C26H31NO4. The first kappa shape index (κ1) is 22.6. The van der Waals surface area contributed by atoms with Gasteiger partial charge in [0.15, 0.2) is 0 Å². The van der Waals surface area contributed by atoms with Gasteiger partial charge in [-0.1, -0.05) is 45.0 Å². The lowest BCUT2D eigenvalue weighted by Crippen LogP contribution is -2.21. The van der Waals surface area contributed by atoms with Crippen molar-refractivity contribution in [2.24, 2.45) is 5.41 Å². The number of amides is 1. The van der Waals surface area contributed by atoms with E-state index >= 15 is 0 Å². The van der Waals surface area contributed by atoms with Crippen LogP contribution in [-0.4, -0.2) is 23.6 Å². The number of rotatable bonds is 5. The molecule has 1 amide bonds. The van der Waals surface area contributed by atoms with E-state index in [0.717, 1.165) is 50.9 Å². The van der Waals surface area contributed by atoms with E-state index in [2.05, 4.69) is 26.1 Å². The molecular weight excluding hydrogens is 390 g/mol. The van der Waals surface area contributed by atoms with E-state index in [9.17, 15) is 9.59 Å². The Morgan fingerprint density at radius 1 is 1.10 bits per heavy atom. The maximum absolute atomic E-state index is 12.7. The Morgan fingerprint density at radius 2 is 1.74 bits per heavy atom. The Labute approximate surface area is 184 Å². The molecule has 5 heteroatoms.